The van der Waals surface area contributed by atoms with Crippen LogP contribution in [0.1, 0.15) is 5.56 Å². The van der Waals surface area contributed by atoms with Gasteiger partial charge in [-0.15, -0.1) is 4.91 Å². The van der Waals surface area contributed by atoms with Crippen LogP contribution in [0.2, 0.25) is 0 Å². The van der Waals surface area contributed by atoms with Crippen molar-refractivity contribution < 1.29 is 9.84 Å². The zero-order valence-corrected chi connectivity index (χ0v) is 7.15. The molecule has 1 aromatic rings. The molecule has 13 heavy (non-hydrogen) atoms. The third-order valence-corrected chi connectivity index (χ3v) is 1.66. The first-order valence-electron chi connectivity index (χ1n) is 3.60. The number of benzene rings is 1. The highest BCUT2D eigenvalue weighted by Gasteiger charge is 2.11. The SMILES string of the molecule is C=Cc1c(O)ccc(N=O)c1OC. The Hall–Kier alpha value is -1.84. The molecule has 1 aromatic carbocycles. The van der Waals surface area contributed by atoms with E-state index in [4.69, 9.17) is 4.74 Å². The number of hydrogen-bond donors (Lipinski definition) is 1. The molecule has 0 saturated carbocycles. The van der Waals surface area contributed by atoms with E-state index in [-0.39, 0.29) is 17.2 Å². The van der Waals surface area contributed by atoms with Gasteiger partial charge in [-0.2, -0.15) is 0 Å². The van der Waals surface area contributed by atoms with E-state index >= 15 is 0 Å². The summed E-state index contributed by atoms with van der Waals surface area (Å²) in [5.41, 5.74) is 0.523. The molecule has 0 bridgehead atoms. The van der Waals surface area contributed by atoms with Crippen LogP contribution < -0.4 is 4.74 Å². The van der Waals surface area contributed by atoms with Crippen molar-refractivity contribution in [3.8, 4) is 11.5 Å². The number of phenols is 1. The van der Waals surface area contributed by atoms with E-state index in [1.165, 1.54) is 25.3 Å². The number of hydrogen-bond acceptors (Lipinski definition) is 4. The summed E-state index contributed by atoms with van der Waals surface area (Å²) in [5, 5.41) is 12.1. The predicted molar refractivity (Wildman–Crippen MR) is 50.2 cm³/mol. The van der Waals surface area contributed by atoms with Gasteiger partial charge < -0.3 is 9.84 Å². The molecule has 0 fully saturated rings. The number of rotatable bonds is 3. The van der Waals surface area contributed by atoms with Gasteiger partial charge in [0, 0.05) is 0 Å². The van der Waals surface area contributed by atoms with Gasteiger partial charge in [0.2, 0.25) is 0 Å². The van der Waals surface area contributed by atoms with E-state index in [0.29, 0.717) is 5.56 Å². The molecule has 0 aliphatic rings. The standard InChI is InChI=1S/C9H9NO3/c1-3-6-8(11)5-4-7(10-12)9(6)13-2/h3-5,11H,1H2,2H3. The maximum absolute atomic E-state index is 10.3. The van der Waals surface area contributed by atoms with Crippen LogP contribution in [0.15, 0.2) is 23.9 Å². The van der Waals surface area contributed by atoms with Gasteiger partial charge in [0.1, 0.15) is 5.75 Å². The lowest BCUT2D eigenvalue weighted by Crippen LogP contribution is -1.87. The molecule has 0 unspecified atom stereocenters. The third-order valence-electron chi connectivity index (χ3n) is 1.66. The van der Waals surface area contributed by atoms with Gasteiger partial charge in [0.15, 0.2) is 11.4 Å². The summed E-state index contributed by atoms with van der Waals surface area (Å²) < 4.78 is 4.91. The molecule has 0 radical (unpaired) electrons. The van der Waals surface area contributed by atoms with Gasteiger partial charge in [-0.25, -0.2) is 0 Å². The lowest BCUT2D eigenvalue weighted by molar-refractivity contribution is 0.407. The van der Waals surface area contributed by atoms with Crippen molar-refractivity contribution in [1.29, 1.82) is 0 Å². The minimum atomic E-state index is 0.0132. The zero-order chi connectivity index (χ0) is 9.84. The monoisotopic (exact) mass is 179 g/mol. The molecule has 0 saturated heterocycles. The number of phenolic OH excluding ortho intramolecular Hbond substituents is 1. The molecule has 0 atom stereocenters. The van der Waals surface area contributed by atoms with Crippen LogP contribution in [-0.4, -0.2) is 12.2 Å². The Morgan fingerprint density at radius 2 is 2.31 bits per heavy atom. The van der Waals surface area contributed by atoms with Gasteiger partial charge in [-0.05, 0) is 17.3 Å². The van der Waals surface area contributed by atoms with Gasteiger partial charge in [0.25, 0.3) is 0 Å². The molecule has 1 rings (SSSR count). The van der Waals surface area contributed by atoms with Crippen LogP contribution in [0.4, 0.5) is 5.69 Å². The zero-order valence-electron chi connectivity index (χ0n) is 7.15. The molecule has 0 aliphatic carbocycles. The van der Waals surface area contributed by atoms with Crippen LogP contribution in [-0.2, 0) is 0 Å². The summed E-state index contributed by atoms with van der Waals surface area (Å²) in [6.45, 7) is 3.49. The van der Waals surface area contributed by atoms with Crippen molar-refractivity contribution in [3.63, 3.8) is 0 Å². The second-order valence-electron chi connectivity index (χ2n) is 2.35. The molecular formula is C9H9NO3. The Kier molecular flexibility index (Phi) is 2.64. The molecule has 0 aromatic heterocycles. The molecule has 0 heterocycles. The summed E-state index contributed by atoms with van der Waals surface area (Å²) in [6, 6.07) is 2.75. The minimum Gasteiger partial charge on any atom is -0.507 e. The van der Waals surface area contributed by atoms with E-state index < -0.39 is 0 Å². The van der Waals surface area contributed by atoms with Gasteiger partial charge >= 0.3 is 0 Å². The first-order chi connectivity index (χ1) is 6.24. The summed E-state index contributed by atoms with van der Waals surface area (Å²) in [6.07, 6.45) is 1.41. The van der Waals surface area contributed by atoms with Crippen LogP contribution in [0.5, 0.6) is 11.5 Å². The first-order valence-corrected chi connectivity index (χ1v) is 3.60. The maximum Gasteiger partial charge on any atom is 0.158 e. The average molecular weight is 179 g/mol. The number of methoxy groups -OCH3 is 1. The van der Waals surface area contributed by atoms with Crippen LogP contribution >= 0.6 is 0 Å². The lowest BCUT2D eigenvalue weighted by Gasteiger charge is -2.07. The highest BCUT2D eigenvalue weighted by atomic mass is 16.5. The quantitative estimate of drug-likeness (QED) is 0.725. The van der Waals surface area contributed by atoms with Crippen molar-refractivity contribution in [2.24, 2.45) is 5.18 Å². The lowest BCUT2D eigenvalue weighted by atomic mass is 10.1. The van der Waals surface area contributed by atoms with Crippen molar-refractivity contribution in [2.75, 3.05) is 7.11 Å². The van der Waals surface area contributed by atoms with Crippen LogP contribution in [0, 0.1) is 4.91 Å². The highest BCUT2D eigenvalue weighted by Crippen LogP contribution is 2.37. The van der Waals surface area contributed by atoms with E-state index in [2.05, 4.69) is 11.8 Å². The third kappa shape index (κ3) is 1.51. The Morgan fingerprint density at radius 3 is 2.77 bits per heavy atom. The van der Waals surface area contributed by atoms with Crippen molar-refractivity contribution >= 4 is 11.8 Å². The van der Waals surface area contributed by atoms with Crippen molar-refractivity contribution in [2.45, 2.75) is 0 Å². The van der Waals surface area contributed by atoms with E-state index in [1.54, 1.807) is 0 Å². The van der Waals surface area contributed by atoms with Gasteiger partial charge in [0.05, 0.1) is 12.7 Å². The molecule has 0 aliphatic heterocycles. The number of ether oxygens (including phenoxy) is 1. The highest BCUT2D eigenvalue weighted by molar-refractivity contribution is 5.71. The van der Waals surface area contributed by atoms with Crippen LogP contribution in [0.3, 0.4) is 0 Å². The van der Waals surface area contributed by atoms with E-state index in [0.717, 1.165) is 0 Å². The number of nitrogens with zero attached hydrogens (tertiary/aromatic N) is 1. The Bertz CT molecular complexity index is 347. The fraction of sp³-hybridized carbons (Fsp3) is 0.111. The smallest absolute Gasteiger partial charge is 0.158 e. The molecule has 4 heteroatoms. The largest absolute Gasteiger partial charge is 0.507 e. The summed E-state index contributed by atoms with van der Waals surface area (Å²) >= 11 is 0. The Balaban J connectivity index is 3.44. The van der Waals surface area contributed by atoms with E-state index in [9.17, 15) is 10.0 Å². The Labute approximate surface area is 75.4 Å². The van der Waals surface area contributed by atoms with Gasteiger partial charge in [-0.1, -0.05) is 12.7 Å². The topological polar surface area (TPSA) is 58.9 Å². The number of nitroso groups, excluding NO2 is 1. The van der Waals surface area contributed by atoms with Gasteiger partial charge in [-0.3, -0.25) is 0 Å². The second kappa shape index (κ2) is 3.71. The fourth-order valence-corrected chi connectivity index (χ4v) is 1.06. The second-order valence-corrected chi connectivity index (χ2v) is 2.35. The first kappa shape index (κ1) is 9.25. The Morgan fingerprint density at radius 1 is 1.62 bits per heavy atom. The number of aromatic hydroxyl groups is 1. The summed E-state index contributed by atoms with van der Waals surface area (Å²) in [4.78, 5) is 10.3. The van der Waals surface area contributed by atoms with E-state index in [1.807, 2.05) is 0 Å². The van der Waals surface area contributed by atoms with Crippen molar-refractivity contribution in [3.05, 3.63) is 29.2 Å². The predicted octanol–water partition coefficient (Wildman–Crippen LogP) is 2.44. The summed E-state index contributed by atoms with van der Waals surface area (Å²) in [7, 11) is 1.40. The molecule has 4 nitrogen and oxygen atoms in total. The fourth-order valence-electron chi connectivity index (χ4n) is 1.06. The molecule has 1 N–H and O–H groups in total. The molecule has 68 valence electrons. The molecule has 0 amide bonds. The average Bonchev–Trinajstić information content (AvgIpc) is 2.17. The normalized spacial score (nSPS) is 9.31. The summed E-state index contributed by atoms with van der Waals surface area (Å²) in [5.74, 6) is 0.254. The maximum atomic E-state index is 10.3. The molecular weight excluding hydrogens is 170 g/mol. The molecule has 0 spiro atoms. The minimum absolute atomic E-state index is 0.0132. The van der Waals surface area contributed by atoms with Crippen LogP contribution in [0.25, 0.3) is 6.08 Å². The van der Waals surface area contributed by atoms with Crippen molar-refractivity contribution in [1.82, 2.24) is 0 Å².